The summed E-state index contributed by atoms with van der Waals surface area (Å²) in [5.74, 6) is 1.34. The Hall–Kier alpha value is -1.26. The molecule has 2 heterocycles. The smallest absolute Gasteiger partial charge is 0.00639 e. The van der Waals surface area contributed by atoms with Gasteiger partial charge >= 0.3 is 0 Å². The maximum absolute atomic E-state index is 2.47. The summed E-state index contributed by atoms with van der Waals surface area (Å²) in [5.41, 5.74) is 4.10. The van der Waals surface area contributed by atoms with Crippen molar-refractivity contribution in [3.63, 3.8) is 0 Å². The molecule has 0 amide bonds. The molecule has 1 aromatic heterocycles. The third-order valence-corrected chi connectivity index (χ3v) is 8.16. The van der Waals surface area contributed by atoms with Gasteiger partial charge in [0.15, 0.2) is 0 Å². The lowest BCUT2D eigenvalue weighted by Crippen LogP contribution is -2.06. The van der Waals surface area contributed by atoms with Crippen molar-refractivity contribution in [1.29, 1.82) is 0 Å². The summed E-state index contributed by atoms with van der Waals surface area (Å²) >= 11 is 0. The van der Waals surface area contributed by atoms with Crippen LogP contribution in [0.4, 0.5) is 0 Å². The normalized spacial score (nSPS) is 22.4. The first-order valence-electron chi connectivity index (χ1n) is 8.15. The van der Waals surface area contributed by atoms with Crippen LogP contribution < -0.4 is 0 Å². The summed E-state index contributed by atoms with van der Waals surface area (Å²) in [4.78, 5) is 0. The zero-order chi connectivity index (χ0) is 14.7. The lowest BCUT2D eigenvalue weighted by Gasteiger charge is -2.29. The zero-order valence-corrected chi connectivity index (χ0v) is 14.2. The average molecular weight is 294 g/mol. The van der Waals surface area contributed by atoms with Crippen molar-refractivity contribution in [3.05, 3.63) is 47.5 Å². The van der Waals surface area contributed by atoms with E-state index >= 15 is 0 Å². The number of hydrogen-bond donors (Lipinski definition) is 0. The lowest BCUT2D eigenvalue weighted by atomic mass is 9.86. The van der Waals surface area contributed by atoms with Crippen molar-refractivity contribution in [1.82, 2.24) is 0 Å². The fourth-order valence-electron chi connectivity index (χ4n) is 4.35. The number of hydrogen-bond acceptors (Lipinski definition) is 0. The molecule has 1 aliphatic rings. The van der Waals surface area contributed by atoms with Gasteiger partial charge < -0.3 is 0 Å². The molecular weight excluding hydrogens is 271 g/mol. The minimum Gasteiger partial charge on any atom is -0.105 e. The highest BCUT2D eigenvalue weighted by molar-refractivity contribution is 7.61. The highest BCUT2D eigenvalue weighted by atomic mass is 31.1. The lowest BCUT2D eigenvalue weighted by molar-refractivity contribution is 0.635. The van der Waals surface area contributed by atoms with Gasteiger partial charge in [-0.3, -0.25) is 0 Å². The van der Waals surface area contributed by atoms with Crippen LogP contribution in [0.15, 0.2) is 36.4 Å². The maximum atomic E-state index is 2.47. The third-order valence-electron chi connectivity index (χ3n) is 5.20. The van der Waals surface area contributed by atoms with Crippen LogP contribution in [-0.4, -0.2) is 0 Å². The van der Waals surface area contributed by atoms with Crippen LogP contribution in [0.3, 0.4) is 0 Å². The molecule has 0 saturated heterocycles. The second kappa shape index (κ2) is 4.62. The van der Waals surface area contributed by atoms with E-state index in [0.717, 1.165) is 5.66 Å². The molecule has 0 bridgehead atoms. The first kappa shape index (κ1) is 13.4. The minimum absolute atomic E-state index is 0.137. The van der Waals surface area contributed by atoms with Gasteiger partial charge in [-0.2, -0.15) is 0 Å². The monoisotopic (exact) mass is 294 g/mol. The van der Waals surface area contributed by atoms with Gasteiger partial charge in [-0.15, -0.1) is 7.53 Å². The Bertz CT molecular complexity index is 838. The molecule has 3 aromatic rings. The molecule has 3 unspecified atom stereocenters. The molecule has 3 atom stereocenters. The Labute approximate surface area is 128 Å². The van der Waals surface area contributed by atoms with Crippen LogP contribution in [0, 0.1) is 0 Å². The molecular formula is C20H23P. The summed E-state index contributed by atoms with van der Waals surface area (Å²) < 4.78 is 0. The van der Waals surface area contributed by atoms with Crippen molar-refractivity contribution in [3.8, 4) is 0 Å². The van der Waals surface area contributed by atoms with Crippen molar-refractivity contribution in [2.45, 2.75) is 51.6 Å². The van der Waals surface area contributed by atoms with E-state index in [1.807, 2.05) is 0 Å². The summed E-state index contributed by atoms with van der Waals surface area (Å²) in [6.45, 7) is 9.59. The van der Waals surface area contributed by atoms with Gasteiger partial charge in [0.1, 0.15) is 0 Å². The van der Waals surface area contributed by atoms with Crippen molar-refractivity contribution >= 4 is 28.5 Å². The molecule has 0 aliphatic carbocycles. The van der Waals surface area contributed by atoms with E-state index in [0.29, 0.717) is 11.8 Å². The summed E-state index contributed by atoms with van der Waals surface area (Å²) in [5, 5.41) is 6.40. The predicted octanol–water partition coefficient (Wildman–Crippen LogP) is 7.17. The highest BCUT2D eigenvalue weighted by Gasteiger charge is 2.29. The van der Waals surface area contributed by atoms with E-state index in [-0.39, 0.29) is 7.53 Å². The van der Waals surface area contributed by atoms with Crippen LogP contribution in [0.25, 0.3) is 21.0 Å². The number of benzene rings is 2. The topological polar surface area (TPSA) is 0 Å². The highest BCUT2D eigenvalue weighted by Crippen LogP contribution is 2.63. The molecule has 2 aromatic carbocycles. The Morgan fingerprint density at radius 2 is 1.76 bits per heavy atom. The van der Waals surface area contributed by atoms with E-state index in [9.17, 15) is 0 Å². The van der Waals surface area contributed by atoms with E-state index in [2.05, 4.69) is 64.1 Å². The van der Waals surface area contributed by atoms with E-state index in [1.54, 1.807) is 21.4 Å². The second-order valence-corrected chi connectivity index (χ2v) is 9.54. The molecule has 21 heavy (non-hydrogen) atoms. The summed E-state index contributed by atoms with van der Waals surface area (Å²) in [6.07, 6.45) is 1.34. The van der Waals surface area contributed by atoms with Crippen LogP contribution in [0.1, 0.15) is 62.7 Å². The Kier molecular flexibility index (Phi) is 2.95. The largest absolute Gasteiger partial charge is 0.105 e. The molecule has 0 fully saturated rings. The van der Waals surface area contributed by atoms with Crippen molar-refractivity contribution in [2.24, 2.45) is 0 Å². The molecule has 0 radical (unpaired) electrons. The molecule has 1 aliphatic heterocycles. The van der Waals surface area contributed by atoms with Gasteiger partial charge in [0.2, 0.25) is 0 Å². The first-order chi connectivity index (χ1) is 10.1. The molecule has 1 heteroatoms. The molecule has 0 nitrogen and oxygen atoms in total. The Morgan fingerprint density at radius 3 is 2.52 bits per heavy atom. The average Bonchev–Trinajstić information content (AvgIpc) is 2.79. The summed E-state index contributed by atoms with van der Waals surface area (Å²) in [7, 11) is -0.137. The molecule has 0 spiro atoms. The van der Waals surface area contributed by atoms with E-state index in [1.165, 1.54) is 17.2 Å². The number of rotatable bonds is 1. The van der Waals surface area contributed by atoms with Gasteiger partial charge in [0, 0.05) is 10.2 Å². The quantitative estimate of drug-likeness (QED) is 0.446. The molecule has 4 rings (SSSR count). The van der Waals surface area contributed by atoms with Crippen LogP contribution in [0.2, 0.25) is 0 Å². The number of fused-ring (bicyclic) bond motifs is 3. The van der Waals surface area contributed by atoms with Crippen molar-refractivity contribution in [2.75, 3.05) is 0 Å². The van der Waals surface area contributed by atoms with E-state index < -0.39 is 0 Å². The minimum atomic E-state index is -0.137. The van der Waals surface area contributed by atoms with Crippen LogP contribution >= 0.6 is 7.53 Å². The van der Waals surface area contributed by atoms with Crippen LogP contribution in [0.5, 0.6) is 0 Å². The second-order valence-electron chi connectivity index (χ2n) is 6.99. The van der Waals surface area contributed by atoms with E-state index in [4.69, 9.17) is 0 Å². The SMILES string of the molecule is CC(C)c1ccc2c3ccccc3p3c2c1C(C)CC3C. The Balaban J connectivity index is 2.26. The molecule has 0 saturated carbocycles. The maximum Gasteiger partial charge on any atom is 0.00639 e. The predicted molar refractivity (Wildman–Crippen MR) is 96.0 cm³/mol. The Morgan fingerprint density at radius 1 is 1.00 bits per heavy atom. The molecule has 108 valence electrons. The zero-order valence-electron chi connectivity index (χ0n) is 13.4. The van der Waals surface area contributed by atoms with Gasteiger partial charge in [0.25, 0.3) is 0 Å². The van der Waals surface area contributed by atoms with Gasteiger partial charge in [0.05, 0.1) is 0 Å². The van der Waals surface area contributed by atoms with Crippen molar-refractivity contribution < 1.29 is 0 Å². The van der Waals surface area contributed by atoms with Gasteiger partial charge in [-0.1, -0.05) is 64.1 Å². The molecule has 0 N–H and O–H groups in total. The van der Waals surface area contributed by atoms with Crippen LogP contribution in [-0.2, 0) is 0 Å². The third kappa shape index (κ3) is 1.75. The fourth-order valence-corrected chi connectivity index (χ4v) is 7.79. The first-order valence-corrected chi connectivity index (χ1v) is 9.56. The van der Waals surface area contributed by atoms with Gasteiger partial charge in [-0.05, 0) is 45.8 Å². The summed E-state index contributed by atoms with van der Waals surface area (Å²) in [6, 6.07) is 13.9. The standard InChI is InChI=1S/C20H23P/c1-12(2)15-9-10-17-16-7-5-6-8-18(16)21-14(4)11-13(3)19(15)20(17)21/h5-10,12-14H,11H2,1-4H3. The van der Waals surface area contributed by atoms with Gasteiger partial charge in [-0.25, -0.2) is 0 Å². The fraction of sp³-hybridized carbons (Fsp3) is 0.400.